The SMILES string of the molecule is Cc1cc(Nc2ccc(OC(F)F)cc2)nc(N)n1. The lowest BCUT2D eigenvalue weighted by Gasteiger charge is -2.08. The molecule has 7 heteroatoms. The molecule has 1 aromatic heterocycles. The highest BCUT2D eigenvalue weighted by Gasteiger charge is 2.04. The monoisotopic (exact) mass is 266 g/mol. The number of hydrogen-bond donors (Lipinski definition) is 2. The molecule has 0 saturated heterocycles. The molecule has 0 aliphatic heterocycles. The summed E-state index contributed by atoms with van der Waals surface area (Å²) in [7, 11) is 0. The predicted molar refractivity (Wildman–Crippen MR) is 67.5 cm³/mol. The van der Waals surface area contributed by atoms with Crippen molar-refractivity contribution in [3.8, 4) is 5.75 Å². The summed E-state index contributed by atoms with van der Waals surface area (Å²) in [4.78, 5) is 7.95. The maximum absolute atomic E-state index is 12.0. The molecular formula is C12H12F2N4O. The summed E-state index contributed by atoms with van der Waals surface area (Å²) < 4.78 is 28.2. The van der Waals surface area contributed by atoms with E-state index in [2.05, 4.69) is 20.0 Å². The van der Waals surface area contributed by atoms with E-state index in [1.54, 1.807) is 25.1 Å². The first kappa shape index (κ1) is 13.0. The Hall–Kier alpha value is -2.44. The van der Waals surface area contributed by atoms with Crippen LogP contribution in [0.3, 0.4) is 0 Å². The normalized spacial score (nSPS) is 10.5. The third-order valence-corrected chi connectivity index (χ3v) is 2.22. The number of aryl methyl sites for hydroxylation is 1. The lowest BCUT2D eigenvalue weighted by atomic mass is 10.3. The maximum atomic E-state index is 12.0. The topological polar surface area (TPSA) is 73.1 Å². The lowest BCUT2D eigenvalue weighted by molar-refractivity contribution is -0.0498. The molecule has 0 atom stereocenters. The average Bonchev–Trinajstić information content (AvgIpc) is 2.29. The quantitative estimate of drug-likeness (QED) is 0.890. The van der Waals surface area contributed by atoms with Crippen molar-refractivity contribution in [2.24, 2.45) is 0 Å². The van der Waals surface area contributed by atoms with Crippen LogP contribution in [-0.2, 0) is 0 Å². The van der Waals surface area contributed by atoms with Crippen molar-refractivity contribution in [2.45, 2.75) is 13.5 Å². The predicted octanol–water partition coefficient (Wildman–Crippen LogP) is 2.71. The van der Waals surface area contributed by atoms with Crippen LogP contribution in [0.25, 0.3) is 0 Å². The van der Waals surface area contributed by atoms with E-state index in [0.717, 1.165) is 5.69 Å². The molecule has 100 valence electrons. The second-order valence-corrected chi connectivity index (χ2v) is 3.78. The standard InChI is InChI=1S/C12H12F2N4O/c1-7-6-10(18-12(15)16-7)17-8-2-4-9(5-3-8)19-11(13)14/h2-6,11H,1H3,(H3,15,16,17,18). The molecule has 0 fully saturated rings. The Morgan fingerprint density at radius 1 is 1.21 bits per heavy atom. The summed E-state index contributed by atoms with van der Waals surface area (Å²) in [6, 6.07) is 7.80. The molecule has 2 rings (SSSR count). The molecule has 19 heavy (non-hydrogen) atoms. The van der Waals surface area contributed by atoms with Gasteiger partial charge in [0.2, 0.25) is 5.95 Å². The van der Waals surface area contributed by atoms with E-state index in [4.69, 9.17) is 5.73 Å². The van der Waals surface area contributed by atoms with Crippen molar-refractivity contribution in [1.29, 1.82) is 0 Å². The third kappa shape index (κ3) is 3.77. The van der Waals surface area contributed by atoms with Crippen molar-refractivity contribution in [3.63, 3.8) is 0 Å². The second kappa shape index (κ2) is 5.47. The first-order valence-corrected chi connectivity index (χ1v) is 5.46. The summed E-state index contributed by atoms with van der Waals surface area (Å²) in [6.45, 7) is -1.04. The number of nitrogens with two attached hydrogens (primary N) is 1. The number of nitrogens with zero attached hydrogens (tertiary/aromatic N) is 2. The summed E-state index contributed by atoms with van der Waals surface area (Å²) in [6.07, 6.45) is 0. The van der Waals surface area contributed by atoms with Gasteiger partial charge in [-0.1, -0.05) is 0 Å². The summed E-state index contributed by atoms with van der Waals surface area (Å²) in [5, 5.41) is 2.99. The van der Waals surface area contributed by atoms with Gasteiger partial charge in [-0.15, -0.1) is 0 Å². The summed E-state index contributed by atoms with van der Waals surface area (Å²) in [5.74, 6) is 0.798. The number of halogens is 2. The molecule has 0 amide bonds. The van der Waals surface area contributed by atoms with E-state index in [1.807, 2.05) is 0 Å². The fraction of sp³-hybridized carbons (Fsp3) is 0.167. The van der Waals surface area contributed by atoms with E-state index in [0.29, 0.717) is 11.5 Å². The molecule has 0 bridgehead atoms. The van der Waals surface area contributed by atoms with Gasteiger partial charge in [-0.2, -0.15) is 13.8 Å². The number of alkyl halides is 2. The van der Waals surface area contributed by atoms with E-state index in [9.17, 15) is 8.78 Å². The summed E-state index contributed by atoms with van der Waals surface area (Å²) in [5.41, 5.74) is 6.94. The van der Waals surface area contributed by atoms with Gasteiger partial charge in [0.15, 0.2) is 0 Å². The Balaban J connectivity index is 2.10. The number of anilines is 3. The number of nitrogen functional groups attached to an aromatic ring is 1. The molecule has 0 radical (unpaired) electrons. The lowest BCUT2D eigenvalue weighted by Crippen LogP contribution is -2.02. The third-order valence-electron chi connectivity index (χ3n) is 2.22. The Morgan fingerprint density at radius 3 is 2.47 bits per heavy atom. The van der Waals surface area contributed by atoms with E-state index >= 15 is 0 Å². The molecule has 0 unspecified atom stereocenters. The minimum absolute atomic E-state index is 0.0962. The van der Waals surface area contributed by atoms with Crippen molar-refractivity contribution in [2.75, 3.05) is 11.1 Å². The Bertz CT molecular complexity index is 540. The van der Waals surface area contributed by atoms with E-state index < -0.39 is 6.61 Å². The minimum Gasteiger partial charge on any atom is -0.435 e. The molecule has 5 nitrogen and oxygen atoms in total. The van der Waals surface area contributed by atoms with E-state index in [-0.39, 0.29) is 11.7 Å². The number of benzene rings is 1. The zero-order valence-corrected chi connectivity index (χ0v) is 10.1. The molecule has 1 heterocycles. The fourth-order valence-corrected chi connectivity index (χ4v) is 1.52. The van der Waals surface area contributed by atoms with Gasteiger partial charge < -0.3 is 15.8 Å². The zero-order chi connectivity index (χ0) is 13.8. The number of rotatable bonds is 4. The van der Waals surface area contributed by atoms with Crippen LogP contribution >= 0.6 is 0 Å². The highest BCUT2D eigenvalue weighted by Crippen LogP contribution is 2.20. The van der Waals surface area contributed by atoms with Gasteiger partial charge in [0.1, 0.15) is 11.6 Å². The van der Waals surface area contributed by atoms with Crippen molar-refractivity contribution >= 4 is 17.5 Å². The zero-order valence-electron chi connectivity index (χ0n) is 10.1. The molecule has 2 aromatic rings. The molecule has 0 spiro atoms. The van der Waals surface area contributed by atoms with Gasteiger partial charge in [-0.25, -0.2) is 4.98 Å². The van der Waals surface area contributed by atoms with Gasteiger partial charge in [0.25, 0.3) is 0 Å². The van der Waals surface area contributed by atoms with Gasteiger partial charge in [-0.3, -0.25) is 0 Å². The van der Waals surface area contributed by atoms with Crippen LogP contribution < -0.4 is 15.8 Å². The maximum Gasteiger partial charge on any atom is 0.387 e. The van der Waals surface area contributed by atoms with Gasteiger partial charge in [-0.05, 0) is 31.2 Å². The number of nitrogens with one attached hydrogen (secondary N) is 1. The van der Waals surface area contributed by atoms with Crippen LogP contribution in [0.2, 0.25) is 0 Å². The molecule has 3 N–H and O–H groups in total. The van der Waals surface area contributed by atoms with Gasteiger partial charge in [0.05, 0.1) is 0 Å². The van der Waals surface area contributed by atoms with Crippen LogP contribution in [0.1, 0.15) is 5.69 Å². The first-order valence-electron chi connectivity index (χ1n) is 5.46. The van der Waals surface area contributed by atoms with Crippen LogP contribution in [0.4, 0.5) is 26.2 Å². The molecule has 0 saturated carbocycles. The smallest absolute Gasteiger partial charge is 0.387 e. The minimum atomic E-state index is -2.83. The first-order chi connectivity index (χ1) is 9.02. The highest BCUT2D eigenvalue weighted by atomic mass is 19.3. The van der Waals surface area contributed by atoms with Crippen LogP contribution in [0, 0.1) is 6.92 Å². The van der Waals surface area contributed by atoms with Crippen molar-refractivity contribution in [1.82, 2.24) is 9.97 Å². The average molecular weight is 266 g/mol. The largest absolute Gasteiger partial charge is 0.435 e. The van der Waals surface area contributed by atoms with Gasteiger partial charge in [0, 0.05) is 17.4 Å². The molecule has 1 aromatic carbocycles. The summed E-state index contributed by atoms with van der Waals surface area (Å²) >= 11 is 0. The molecule has 0 aliphatic rings. The molecular weight excluding hydrogens is 254 g/mol. The van der Waals surface area contributed by atoms with Crippen LogP contribution in [0.15, 0.2) is 30.3 Å². The highest BCUT2D eigenvalue weighted by molar-refractivity contribution is 5.58. The fourth-order valence-electron chi connectivity index (χ4n) is 1.52. The van der Waals surface area contributed by atoms with Crippen LogP contribution in [0.5, 0.6) is 5.75 Å². The molecule has 0 aliphatic carbocycles. The van der Waals surface area contributed by atoms with Crippen molar-refractivity contribution in [3.05, 3.63) is 36.0 Å². The van der Waals surface area contributed by atoms with E-state index in [1.165, 1.54) is 12.1 Å². The van der Waals surface area contributed by atoms with Crippen molar-refractivity contribution < 1.29 is 13.5 Å². The second-order valence-electron chi connectivity index (χ2n) is 3.78. The number of aromatic nitrogens is 2. The van der Waals surface area contributed by atoms with Crippen LogP contribution in [-0.4, -0.2) is 16.6 Å². The Kier molecular flexibility index (Phi) is 3.74. The number of hydrogen-bond acceptors (Lipinski definition) is 5. The van der Waals surface area contributed by atoms with Gasteiger partial charge >= 0.3 is 6.61 Å². The number of ether oxygens (including phenoxy) is 1. The Morgan fingerprint density at radius 2 is 1.89 bits per heavy atom. The Labute approximate surface area is 108 Å².